The van der Waals surface area contributed by atoms with Crippen LogP contribution in [0, 0.1) is 5.92 Å². The van der Waals surface area contributed by atoms with Gasteiger partial charge in [0.2, 0.25) is 5.72 Å². The van der Waals surface area contributed by atoms with E-state index in [1.165, 1.54) is 0 Å². The number of benzene rings is 2. The van der Waals surface area contributed by atoms with E-state index in [9.17, 15) is 4.79 Å². The Balaban J connectivity index is 1.88. The zero-order valence-electron chi connectivity index (χ0n) is 16.3. The number of ether oxygens (including phenoxy) is 3. The fraction of sp³-hybridized carbons (Fsp3) is 0.333. The monoisotopic (exact) mass is 476 g/mol. The van der Waals surface area contributed by atoms with Crippen molar-refractivity contribution in [3.05, 3.63) is 52.5 Å². The van der Waals surface area contributed by atoms with Gasteiger partial charge in [0.1, 0.15) is 17.4 Å². The third-order valence-corrected chi connectivity index (χ3v) is 6.16. The molecule has 1 N–H and O–H groups in total. The SMILES string of the molecule is CCOC(=O)[C@@H]1[C@@H]2NC(=S)N(c3ccc(Br)cc3)[C@@]1(C)Oc1ccc(OC)cc12. The summed E-state index contributed by atoms with van der Waals surface area (Å²) in [6.45, 7) is 3.96. The molecule has 2 heterocycles. The Labute approximate surface area is 183 Å². The highest BCUT2D eigenvalue weighted by Gasteiger charge is 2.59. The summed E-state index contributed by atoms with van der Waals surface area (Å²) < 4.78 is 18.2. The van der Waals surface area contributed by atoms with Gasteiger partial charge in [-0.3, -0.25) is 9.69 Å². The number of rotatable bonds is 4. The van der Waals surface area contributed by atoms with Crippen LogP contribution < -0.4 is 19.7 Å². The van der Waals surface area contributed by atoms with Gasteiger partial charge in [-0.2, -0.15) is 0 Å². The molecule has 29 heavy (non-hydrogen) atoms. The lowest BCUT2D eigenvalue weighted by molar-refractivity contribution is -0.159. The predicted molar refractivity (Wildman–Crippen MR) is 117 cm³/mol. The van der Waals surface area contributed by atoms with Crippen LogP contribution in [0.2, 0.25) is 0 Å². The summed E-state index contributed by atoms with van der Waals surface area (Å²) in [5.74, 6) is 0.376. The lowest BCUT2D eigenvalue weighted by atomic mass is 9.79. The van der Waals surface area contributed by atoms with Crippen molar-refractivity contribution >= 4 is 44.9 Å². The van der Waals surface area contributed by atoms with E-state index in [1.54, 1.807) is 14.0 Å². The number of hydrogen-bond donors (Lipinski definition) is 1. The van der Waals surface area contributed by atoms with Crippen molar-refractivity contribution in [1.29, 1.82) is 0 Å². The normalized spacial score (nSPS) is 24.8. The maximum absolute atomic E-state index is 13.1. The number of halogens is 1. The van der Waals surface area contributed by atoms with Crippen LogP contribution in [0.15, 0.2) is 46.9 Å². The molecule has 0 radical (unpaired) electrons. The summed E-state index contributed by atoms with van der Waals surface area (Å²) in [5.41, 5.74) is 0.574. The van der Waals surface area contributed by atoms with Crippen molar-refractivity contribution in [2.75, 3.05) is 18.6 Å². The molecule has 6 nitrogen and oxygen atoms in total. The summed E-state index contributed by atoms with van der Waals surface area (Å²) in [6.07, 6.45) is 0. The van der Waals surface area contributed by atoms with Crippen LogP contribution in [0.25, 0.3) is 0 Å². The molecular weight excluding hydrogens is 456 g/mol. The van der Waals surface area contributed by atoms with Crippen LogP contribution in [-0.4, -0.2) is 30.5 Å². The fourth-order valence-electron chi connectivity index (χ4n) is 4.06. The minimum Gasteiger partial charge on any atom is -0.497 e. The van der Waals surface area contributed by atoms with E-state index in [-0.39, 0.29) is 12.6 Å². The topological polar surface area (TPSA) is 60.0 Å². The van der Waals surface area contributed by atoms with Crippen LogP contribution >= 0.6 is 28.1 Å². The minimum atomic E-state index is -1.06. The van der Waals surface area contributed by atoms with E-state index in [1.807, 2.05) is 54.3 Å². The van der Waals surface area contributed by atoms with Gasteiger partial charge in [0, 0.05) is 15.7 Å². The highest BCUT2D eigenvalue weighted by Crippen LogP contribution is 2.50. The van der Waals surface area contributed by atoms with Crippen molar-refractivity contribution in [1.82, 2.24) is 5.32 Å². The molecule has 0 aromatic heterocycles. The zero-order chi connectivity index (χ0) is 20.8. The molecule has 2 aliphatic heterocycles. The molecule has 3 atom stereocenters. The van der Waals surface area contributed by atoms with Crippen molar-refractivity contribution in [3.63, 3.8) is 0 Å². The van der Waals surface area contributed by atoms with E-state index in [2.05, 4.69) is 21.2 Å². The summed E-state index contributed by atoms with van der Waals surface area (Å²) in [4.78, 5) is 14.9. The number of fused-ring (bicyclic) bond motifs is 4. The van der Waals surface area contributed by atoms with E-state index in [0.29, 0.717) is 16.6 Å². The third kappa shape index (κ3) is 3.24. The first-order chi connectivity index (χ1) is 13.9. The Bertz CT molecular complexity index is 968. The van der Waals surface area contributed by atoms with Crippen molar-refractivity contribution < 1.29 is 19.0 Å². The molecule has 2 aliphatic rings. The summed E-state index contributed by atoms with van der Waals surface area (Å²) >= 11 is 9.16. The Hall–Kier alpha value is -2.32. The van der Waals surface area contributed by atoms with E-state index >= 15 is 0 Å². The number of esters is 1. The number of nitrogens with one attached hydrogen (secondary N) is 1. The first kappa shape index (κ1) is 20.0. The first-order valence-corrected chi connectivity index (χ1v) is 10.5. The first-order valence-electron chi connectivity index (χ1n) is 9.29. The molecule has 0 spiro atoms. The molecule has 1 saturated heterocycles. The van der Waals surface area contributed by atoms with Crippen molar-refractivity contribution in [3.8, 4) is 11.5 Å². The van der Waals surface area contributed by atoms with Gasteiger partial charge in [-0.1, -0.05) is 15.9 Å². The highest BCUT2D eigenvalue weighted by atomic mass is 79.9. The van der Waals surface area contributed by atoms with Crippen LogP contribution in [0.3, 0.4) is 0 Å². The average Bonchev–Trinajstić information content (AvgIpc) is 2.68. The summed E-state index contributed by atoms with van der Waals surface area (Å²) in [7, 11) is 1.60. The Morgan fingerprint density at radius 2 is 2.03 bits per heavy atom. The lowest BCUT2D eigenvalue weighted by Gasteiger charge is -2.55. The molecule has 2 aromatic carbocycles. The van der Waals surface area contributed by atoms with Crippen LogP contribution in [0.1, 0.15) is 25.5 Å². The molecule has 0 amide bonds. The standard InChI is InChI=1S/C21H21BrN2O4S/c1-4-27-19(25)17-18-15-11-14(26-3)9-10-16(15)28-21(17,2)24(20(29)23-18)13-7-5-12(22)6-8-13/h5-11,17-18H,4H2,1-3H3,(H,23,29)/t17-,18+,21-/m0/s1. The van der Waals surface area contributed by atoms with E-state index < -0.39 is 17.7 Å². The molecule has 0 unspecified atom stereocenters. The molecular formula is C21H21BrN2O4S. The predicted octanol–water partition coefficient (Wildman–Crippen LogP) is 4.18. The van der Waals surface area contributed by atoms with Crippen LogP contribution in [0.4, 0.5) is 5.69 Å². The third-order valence-electron chi connectivity index (χ3n) is 5.33. The molecule has 1 fully saturated rings. The molecule has 0 saturated carbocycles. The van der Waals surface area contributed by atoms with Gasteiger partial charge in [0.05, 0.1) is 19.8 Å². The largest absolute Gasteiger partial charge is 0.497 e. The molecule has 152 valence electrons. The van der Waals surface area contributed by atoms with Crippen LogP contribution in [-0.2, 0) is 9.53 Å². The van der Waals surface area contributed by atoms with Gasteiger partial charge in [0.15, 0.2) is 5.11 Å². The number of hydrogen-bond acceptors (Lipinski definition) is 5. The maximum Gasteiger partial charge on any atom is 0.317 e. The van der Waals surface area contributed by atoms with Crippen molar-refractivity contribution in [2.24, 2.45) is 5.92 Å². The zero-order valence-corrected chi connectivity index (χ0v) is 18.7. The number of anilines is 1. The van der Waals surface area contributed by atoms with Gasteiger partial charge in [-0.15, -0.1) is 0 Å². The van der Waals surface area contributed by atoms with Crippen molar-refractivity contribution in [2.45, 2.75) is 25.6 Å². The second-order valence-corrected chi connectivity index (χ2v) is 8.33. The maximum atomic E-state index is 13.1. The van der Waals surface area contributed by atoms with Gasteiger partial charge in [0.25, 0.3) is 0 Å². The molecule has 2 aromatic rings. The number of thiocarbonyl (C=S) groups is 1. The molecule has 8 heteroatoms. The number of nitrogens with zero attached hydrogens (tertiary/aromatic N) is 1. The van der Waals surface area contributed by atoms with Gasteiger partial charge in [-0.05, 0) is 68.5 Å². The summed E-state index contributed by atoms with van der Waals surface area (Å²) in [6, 6.07) is 12.9. The second-order valence-electron chi connectivity index (χ2n) is 7.03. The molecule has 4 rings (SSSR count). The Morgan fingerprint density at radius 1 is 1.31 bits per heavy atom. The Kier molecular flexibility index (Phi) is 5.16. The average molecular weight is 477 g/mol. The number of carbonyl (C=O) groups is 1. The molecule has 2 bridgehead atoms. The summed E-state index contributed by atoms with van der Waals surface area (Å²) in [5, 5.41) is 3.82. The van der Waals surface area contributed by atoms with E-state index in [4.69, 9.17) is 26.4 Å². The van der Waals surface area contributed by atoms with Gasteiger partial charge >= 0.3 is 5.97 Å². The highest BCUT2D eigenvalue weighted by molar-refractivity contribution is 9.10. The number of methoxy groups -OCH3 is 1. The second kappa shape index (κ2) is 7.50. The number of carbonyl (C=O) groups excluding carboxylic acids is 1. The van der Waals surface area contributed by atoms with E-state index in [0.717, 1.165) is 15.7 Å². The smallest absolute Gasteiger partial charge is 0.317 e. The Morgan fingerprint density at radius 3 is 2.69 bits per heavy atom. The fourth-order valence-corrected chi connectivity index (χ4v) is 4.74. The molecule has 0 aliphatic carbocycles. The minimum absolute atomic E-state index is 0.284. The van der Waals surface area contributed by atoms with Crippen LogP contribution in [0.5, 0.6) is 11.5 Å². The van der Waals surface area contributed by atoms with Gasteiger partial charge < -0.3 is 19.5 Å². The quantitative estimate of drug-likeness (QED) is 0.524. The lowest BCUT2D eigenvalue weighted by Crippen LogP contribution is -2.71. The van der Waals surface area contributed by atoms with Gasteiger partial charge in [-0.25, -0.2) is 0 Å².